The van der Waals surface area contributed by atoms with Crippen molar-refractivity contribution in [3.8, 4) is 11.5 Å². The van der Waals surface area contributed by atoms with Crippen LogP contribution in [0.4, 0.5) is 0 Å². The summed E-state index contributed by atoms with van der Waals surface area (Å²) >= 11 is 0. The molecule has 0 N–H and O–H groups in total. The van der Waals surface area contributed by atoms with E-state index in [1.54, 1.807) is 14.2 Å². The molecule has 0 aliphatic carbocycles. The maximum Gasteiger partial charge on any atom is 0.127 e. The third kappa shape index (κ3) is 4.37. The summed E-state index contributed by atoms with van der Waals surface area (Å²) in [5.74, 6) is 1.66. The first-order valence-corrected chi connectivity index (χ1v) is 9.13. The van der Waals surface area contributed by atoms with Crippen LogP contribution in [0.15, 0.2) is 24.4 Å². The molecule has 0 amide bonds. The van der Waals surface area contributed by atoms with Gasteiger partial charge in [0.15, 0.2) is 0 Å². The molecule has 142 valence electrons. The van der Waals surface area contributed by atoms with Gasteiger partial charge in [-0.1, -0.05) is 6.07 Å². The molecule has 1 aromatic heterocycles. The van der Waals surface area contributed by atoms with Gasteiger partial charge < -0.3 is 14.2 Å². The van der Waals surface area contributed by atoms with Gasteiger partial charge in [-0.25, -0.2) is 0 Å². The summed E-state index contributed by atoms with van der Waals surface area (Å²) < 4.78 is 18.7. The summed E-state index contributed by atoms with van der Waals surface area (Å²) in [4.78, 5) is 2.42. The van der Waals surface area contributed by atoms with E-state index in [-0.39, 0.29) is 0 Å². The Morgan fingerprint density at radius 3 is 2.65 bits per heavy atom. The van der Waals surface area contributed by atoms with Crippen LogP contribution in [0.1, 0.15) is 29.7 Å². The molecule has 1 aliphatic rings. The van der Waals surface area contributed by atoms with Crippen molar-refractivity contribution in [3.63, 3.8) is 0 Å². The van der Waals surface area contributed by atoms with Gasteiger partial charge in [-0.15, -0.1) is 0 Å². The molecule has 1 aliphatic heterocycles. The van der Waals surface area contributed by atoms with Crippen LogP contribution in [0, 0.1) is 6.92 Å². The topological polar surface area (TPSA) is 48.8 Å². The van der Waals surface area contributed by atoms with Crippen LogP contribution >= 0.6 is 0 Å². The summed E-state index contributed by atoms with van der Waals surface area (Å²) in [6, 6.07) is 6.00. The number of rotatable bonds is 8. The molecule has 0 unspecified atom stereocenters. The van der Waals surface area contributed by atoms with E-state index in [9.17, 15) is 0 Å². The van der Waals surface area contributed by atoms with Crippen molar-refractivity contribution in [2.75, 3.05) is 27.4 Å². The highest BCUT2D eigenvalue weighted by molar-refractivity contribution is 5.40. The summed E-state index contributed by atoms with van der Waals surface area (Å²) in [7, 11) is 5.35. The Morgan fingerprint density at radius 2 is 2.04 bits per heavy atom. The van der Waals surface area contributed by atoms with E-state index in [0.717, 1.165) is 56.1 Å². The second-order valence-corrected chi connectivity index (χ2v) is 6.86. The lowest BCUT2D eigenvalue weighted by atomic mass is 10.1. The average molecular weight is 359 g/mol. The number of hydrogen-bond acceptors (Lipinski definition) is 5. The fraction of sp³-hybridized carbons (Fsp3) is 0.550. The van der Waals surface area contributed by atoms with E-state index < -0.39 is 0 Å². The lowest BCUT2D eigenvalue weighted by molar-refractivity contribution is 0.0675. The van der Waals surface area contributed by atoms with Gasteiger partial charge in [-0.2, -0.15) is 5.10 Å². The van der Waals surface area contributed by atoms with E-state index in [2.05, 4.69) is 23.0 Å². The predicted molar refractivity (Wildman–Crippen MR) is 101 cm³/mol. The lowest BCUT2D eigenvalue weighted by Gasteiger charge is -2.26. The third-order valence-electron chi connectivity index (χ3n) is 5.10. The Kier molecular flexibility index (Phi) is 6.16. The number of nitrogens with zero attached hydrogens (tertiary/aromatic N) is 3. The van der Waals surface area contributed by atoms with Gasteiger partial charge in [0, 0.05) is 56.2 Å². The molecular formula is C20H29N3O3. The molecule has 1 saturated heterocycles. The Hall–Kier alpha value is -2.05. The molecule has 1 aromatic carbocycles. The number of methoxy groups -OCH3 is 2. The zero-order valence-electron chi connectivity index (χ0n) is 16.2. The van der Waals surface area contributed by atoms with Crippen molar-refractivity contribution in [3.05, 3.63) is 41.2 Å². The minimum Gasteiger partial charge on any atom is -0.497 e. The Morgan fingerprint density at radius 1 is 1.23 bits per heavy atom. The smallest absolute Gasteiger partial charge is 0.127 e. The van der Waals surface area contributed by atoms with Crippen molar-refractivity contribution in [2.45, 2.75) is 39.0 Å². The van der Waals surface area contributed by atoms with Crippen LogP contribution in [-0.4, -0.2) is 48.2 Å². The third-order valence-corrected chi connectivity index (χ3v) is 5.10. The number of aromatic nitrogens is 2. The first-order valence-electron chi connectivity index (χ1n) is 9.13. The molecule has 2 heterocycles. The minimum absolute atomic E-state index is 0.302. The van der Waals surface area contributed by atoms with Gasteiger partial charge in [0.2, 0.25) is 0 Å². The highest BCUT2D eigenvalue weighted by Gasteiger charge is 2.21. The molecule has 3 rings (SSSR count). The van der Waals surface area contributed by atoms with Crippen LogP contribution in [-0.2, 0) is 24.9 Å². The molecule has 2 aromatic rings. The van der Waals surface area contributed by atoms with Crippen molar-refractivity contribution in [1.82, 2.24) is 14.7 Å². The van der Waals surface area contributed by atoms with Gasteiger partial charge >= 0.3 is 0 Å². The van der Waals surface area contributed by atoms with Gasteiger partial charge in [0.1, 0.15) is 11.5 Å². The maximum atomic E-state index is 5.87. The zero-order chi connectivity index (χ0) is 18.5. The van der Waals surface area contributed by atoms with E-state index >= 15 is 0 Å². The molecule has 0 spiro atoms. The normalized spacial score (nSPS) is 17.0. The first kappa shape index (κ1) is 18.7. The van der Waals surface area contributed by atoms with Crippen molar-refractivity contribution >= 4 is 0 Å². The van der Waals surface area contributed by atoms with Gasteiger partial charge in [0.25, 0.3) is 0 Å². The van der Waals surface area contributed by atoms with Crippen LogP contribution in [0.2, 0.25) is 0 Å². The summed E-state index contributed by atoms with van der Waals surface area (Å²) in [5, 5.41) is 4.38. The molecule has 6 heteroatoms. The lowest BCUT2D eigenvalue weighted by Crippen LogP contribution is -2.31. The fourth-order valence-corrected chi connectivity index (χ4v) is 3.42. The van der Waals surface area contributed by atoms with E-state index in [1.807, 2.05) is 30.1 Å². The Bertz CT molecular complexity index is 723. The number of aryl methyl sites for hydroxylation is 1. The van der Waals surface area contributed by atoms with Crippen molar-refractivity contribution in [2.24, 2.45) is 7.05 Å². The molecule has 0 saturated carbocycles. The summed E-state index contributed by atoms with van der Waals surface area (Å²) in [5.41, 5.74) is 3.59. The highest BCUT2D eigenvalue weighted by Crippen LogP contribution is 2.27. The van der Waals surface area contributed by atoms with Crippen LogP contribution in [0.3, 0.4) is 0 Å². The van der Waals surface area contributed by atoms with Gasteiger partial charge in [0.05, 0.1) is 26.5 Å². The number of hydrogen-bond donors (Lipinski definition) is 0. The molecule has 1 fully saturated rings. The largest absolute Gasteiger partial charge is 0.497 e. The Balaban J connectivity index is 1.79. The number of benzene rings is 1. The first-order chi connectivity index (χ1) is 12.6. The molecule has 6 nitrogen and oxygen atoms in total. The van der Waals surface area contributed by atoms with Gasteiger partial charge in [-0.3, -0.25) is 9.58 Å². The van der Waals surface area contributed by atoms with Gasteiger partial charge in [-0.05, 0) is 25.8 Å². The van der Waals surface area contributed by atoms with Crippen LogP contribution < -0.4 is 9.47 Å². The van der Waals surface area contributed by atoms with Crippen molar-refractivity contribution < 1.29 is 14.2 Å². The molecule has 0 bridgehead atoms. The minimum atomic E-state index is 0.302. The molecule has 0 radical (unpaired) electrons. The van der Waals surface area contributed by atoms with Crippen molar-refractivity contribution in [1.29, 1.82) is 0 Å². The average Bonchev–Trinajstić information content (AvgIpc) is 3.27. The predicted octanol–water partition coefficient (Wildman–Crippen LogP) is 2.93. The monoisotopic (exact) mass is 359 g/mol. The highest BCUT2D eigenvalue weighted by atomic mass is 16.5. The van der Waals surface area contributed by atoms with E-state index in [0.29, 0.717) is 6.10 Å². The van der Waals surface area contributed by atoms with E-state index in [1.165, 1.54) is 11.3 Å². The van der Waals surface area contributed by atoms with Crippen LogP contribution in [0.25, 0.3) is 0 Å². The second kappa shape index (κ2) is 8.56. The fourth-order valence-electron chi connectivity index (χ4n) is 3.42. The SMILES string of the molecule is COc1ccc(CN(Cc2cnn(C)c2C)C[C@@H]2CCCO2)c(OC)c1. The zero-order valence-corrected chi connectivity index (χ0v) is 16.2. The second-order valence-electron chi connectivity index (χ2n) is 6.86. The quantitative estimate of drug-likeness (QED) is 0.725. The molecule has 26 heavy (non-hydrogen) atoms. The molecule has 1 atom stereocenters. The maximum absolute atomic E-state index is 5.87. The van der Waals surface area contributed by atoms with Crippen LogP contribution in [0.5, 0.6) is 11.5 Å². The Labute approximate surface area is 155 Å². The number of ether oxygens (including phenoxy) is 3. The summed E-state index contributed by atoms with van der Waals surface area (Å²) in [6.07, 6.45) is 4.54. The molecular weight excluding hydrogens is 330 g/mol. The standard InChI is InChI=1S/C20H29N3O3/c1-15-17(11-21-22(15)2)13-23(14-19-6-5-9-26-19)12-16-7-8-18(24-3)10-20(16)25-4/h7-8,10-11,19H,5-6,9,12-14H2,1-4H3/t19-/m0/s1. The summed E-state index contributed by atoms with van der Waals surface area (Å²) in [6.45, 7) is 5.52. The van der Waals surface area contributed by atoms with E-state index in [4.69, 9.17) is 14.2 Å².